The average Bonchev–Trinajstić information content (AvgIpc) is 3.58. The van der Waals surface area contributed by atoms with Crippen LogP contribution in [0, 0.1) is 0 Å². The van der Waals surface area contributed by atoms with E-state index in [2.05, 4.69) is 74.0 Å². The summed E-state index contributed by atoms with van der Waals surface area (Å²) in [7, 11) is 4.01. The number of ether oxygens (including phenoxy) is 1. The van der Waals surface area contributed by atoms with Crippen molar-refractivity contribution in [2.24, 2.45) is 0 Å². The first-order valence-corrected chi connectivity index (χ1v) is 11.1. The Labute approximate surface area is 175 Å². The third-order valence-electron chi connectivity index (χ3n) is 6.75. The molecule has 2 fully saturated rings. The number of nitrogens with zero attached hydrogens (tertiary/aromatic N) is 3. The summed E-state index contributed by atoms with van der Waals surface area (Å²) in [5, 5.41) is 0. The molecule has 1 saturated heterocycles. The molecule has 4 nitrogen and oxygen atoms in total. The quantitative estimate of drug-likeness (QED) is 0.679. The van der Waals surface area contributed by atoms with Crippen LogP contribution in [0.15, 0.2) is 36.4 Å². The molecular formula is C25H35N3O. The molecule has 2 unspecified atom stereocenters. The second-order valence-electron chi connectivity index (χ2n) is 9.06. The number of benzene rings is 1. The molecule has 29 heavy (non-hydrogen) atoms. The number of pyridine rings is 1. The zero-order valence-corrected chi connectivity index (χ0v) is 18.6. The molecule has 0 radical (unpaired) electrons. The highest BCUT2D eigenvalue weighted by molar-refractivity contribution is 5.36. The molecule has 0 bridgehead atoms. The van der Waals surface area contributed by atoms with Crippen molar-refractivity contribution in [2.45, 2.75) is 57.5 Å². The molecule has 1 saturated carbocycles. The van der Waals surface area contributed by atoms with Crippen molar-refractivity contribution in [3.63, 3.8) is 0 Å². The molecule has 0 amide bonds. The number of methoxy groups -OCH3 is 1. The van der Waals surface area contributed by atoms with E-state index < -0.39 is 0 Å². The molecule has 1 aromatic carbocycles. The predicted molar refractivity (Wildman–Crippen MR) is 119 cm³/mol. The van der Waals surface area contributed by atoms with Gasteiger partial charge in [-0.2, -0.15) is 0 Å². The highest BCUT2D eigenvalue weighted by Crippen LogP contribution is 2.44. The molecule has 0 N–H and O–H groups in total. The molecule has 1 aromatic heterocycles. The van der Waals surface area contributed by atoms with E-state index in [0.29, 0.717) is 17.9 Å². The smallest absolute Gasteiger partial charge is 0.216 e. The van der Waals surface area contributed by atoms with E-state index in [-0.39, 0.29) is 6.04 Å². The molecule has 2 heterocycles. The van der Waals surface area contributed by atoms with E-state index in [1.165, 1.54) is 29.5 Å². The van der Waals surface area contributed by atoms with Crippen molar-refractivity contribution in [3.8, 4) is 5.88 Å². The Balaban J connectivity index is 1.56. The Kier molecular flexibility index (Phi) is 5.93. The van der Waals surface area contributed by atoms with Gasteiger partial charge in [-0.1, -0.05) is 44.2 Å². The van der Waals surface area contributed by atoms with Crippen LogP contribution in [-0.4, -0.2) is 48.6 Å². The van der Waals surface area contributed by atoms with Crippen molar-refractivity contribution in [1.29, 1.82) is 0 Å². The largest absolute Gasteiger partial charge is 0.481 e. The van der Waals surface area contributed by atoms with Crippen LogP contribution in [0.2, 0.25) is 0 Å². The summed E-state index contributed by atoms with van der Waals surface area (Å²) in [5.74, 6) is 2.02. The summed E-state index contributed by atoms with van der Waals surface area (Å²) < 4.78 is 5.64. The third-order valence-corrected chi connectivity index (χ3v) is 6.75. The van der Waals surface area contributed by atoms with Crippen LogP contribution in [0.25, 0.3) is 0 Å². The monoisotopic (exact) mass is 393 g/mol. The van der Waals surface area contributed by atoms with Gasteiger partial charge in [0.05, 0.1) is 12.8 Å². The minimum atomic E-state index is 0.277. The first kappa shape index (κ1) is 20.4. The molecule has 1 aliphatic carbocycles. The first-order valence-electron chi connectivity index (χ1n) is 11.1. The molecule has 4 heteroatoms. The fourth-order valence-electron chi connectivity index (χ4n) is 4.68. The van der Waals surface area contributed by atoms with E-state index in [0.717, 1.165) is 31.2 Å². The maximum Gasteiger partial charge on any atom is 0.216 e. The van der Waals surface area contributed by atoms with Crippen molar-refractivity contribution >= 4 is 0 Å². The second-order valence-corrected chi connectivity index (χ2v) is 9.06. The van der Waals surface area contributed by atoms with Crippen molar-refractivity contribution in [2.75, 3.05) is 33.8 Å². The van der Waals surface area contributed by atoms with Gasteiger partial charge in [-0.05, 0) is 55.8 Å². The van der Waals surface area contributed by atoms with Crippen LogP contribution < -0.4 is 4.74 Å². The van der Waals surface area contributed by atoms with Gasteiger partial charge in [-0.15, -0.1) is 0 Å². The highest BCUT2D eigenvalue weighted by atomic mass is 16.5. The van der Waals surface area contributed by atoms with Gasteiger partial charge in [0.25, 0.3) is 0 Å². The normalized spacial score (nSPS) is 22.1. The van der Waals surface area contributed by atoms with Gasteiger partial charge < -0.3 is 4.74 Å². The standard InChI is InChI=1S/C25H35N3O/c1-17(2)20-8-6-7-9-22(20)24-16-28(15-14-27(24)4)18(3)23-13-12-21(19-10-11-19)25(26-23)29-5/h6-9,12-13,17-19,24H,10-11,14-16H2,1-5H3. The van der Waals surface area contributed by atoms with E-state index in [1.54, 1.807) is 7.11 Å². The summed E-state index contributed by atoms with van der Waals surface area (Å²) >= 11 is 0. The summed E-state index contributed by atoms with van der Waals surface area (Å²) in [6, 6.07) is 14.1. The number of hydrogen-bond acceptors (Lipinski definition) is 4. The Hall–Kier alpha value is -1.91. The van der Waals surface area contributed by atoms with Crippen molar-refractivity contribution in [3.05, 3.63) is 58.8 Å². The number of piperazine rings is 1. The van der Waals surface area contributed by atoms with Gasteiger partial charge in [-0.25, -0.2) is 4.98 Å². The number of aromatic nitrogens is 1. The van der Waals surface area contributed by atoms with Crippen LogP contribution in [-0.2, 0) is 0 Å². The van der Waals surface area contributed by atoms with Crippen LogP contribution in [0.1, 0.15) is 79.9 Å². The molecular weight excluding hydrogens is 358 g/mol. The van der Waals surface area contributed by atoms with Crippen LogP contribution in [0.3, 0.4) is 0 Å². The van der Waals surface area contributed by atoms with E-state index in [9.17, 15) is 0 Å². The molecule has 0 spiro atoms. The summed E-state index contributed by atoms with van der Waals surface area (Å²) in [4.78, 5) is 10.0. The number of rotatable bonds is 6. The summed E-state index contributed by atoms with van der Waals surface area (Å²) in [5.41, 5.74) is 5.33. The first-order chi connectivity index (χ1) is 14.0. The van der Waals surface area contributed by atoms with Gasteiger partial charge in [0.2, 0.25) is 5.88 Å². The Morgan fingerprint density at radius 2 is 1.76 bits per heavy atom. The van der Waals surface area contributed by atoms with Crippen LogP contribution >= 0.6 is 0 Å². The average molecular weight is 394 g/mol. The maximum absolute atomic E-state index is 5.64. The molecule has 4 rings (SSSR count). The van der Waals surface area contributed by atoms with Gasteiger partial charge in [0.1, 0.15) is 0 Å². The molecule has 2 atom stereocenters. The summed E-state index contributed by atoms with van der Waals surface area (Å²) in [6.45, 7) is 10.0. The zero-order chi connectivity index (χ0) is 20.5. The van der Waals surface area contributed by atoms with Gasteiger partial charge in [-0.3, -0.25) is 9.80 Å². The SMILES string of the molecule is COc1nc(C(C)N2CCN(C)C(c3ccccc3C(C)C)C2)ccc1C1CC1. The Bertz CT molecular complexity index is 846. The van der Waals surface area contributed by atoms with Crippen molar-refractivity contribution < 1.29 is 4.74 Å². The number of likely N-dealkylation sites (N-methyl/N-ethyl adjacent to an activating group) is 1. The lowest BCUT2D eigenvalue weighted by atomic mass is 9.90. The minimum absolute atomic E-state index is 0.277. The number of hydrogen-bond donors (Lipinski definition) is 0. The van der Waals surface area contributed by atoms with E-state index >= 15 is 0 Å². The van der Waals surface area contributed by atoms with Crippen LogP contribution in [0.4, 0.5) is 0 Å². The molecule has 2 aromatic rings. The lowest BCUT2D eigenvalue weighted by molar-refractivity contribution is 0.0670. The lowest BCUT2D eigenvalue weighted by Crippen LogP contribution is -2.47. The van der Waals surface area contributed by atoms with Gasteiger partial charge >= 0.3 is 0 Å². The topological polar surface area (TPSA) is 28.6 Å². The van der Waals surface area contributed by atoms with E-state index in [4.69, 9.17) is 9.72 Å². The van der Waals surface area contributed by atoms with Gasteiger partial charge in [0.15, 0.2) is 0 Å². The van der Waals surface area contributed by atoms with Crippen LogP contribution in [0.5, 0.6) is 5.88 Å². The van der Waals surface area contributed by atoms with Gasteiger partial charge in [0, 0.05) is 37.3 Å². The fourth-order valence-corrected chi connectivity index (χ4v) is 4.68. The van der Waals surface area contributed by atoms with E-state index in [1.807, 2.05) is 0 Å². The fraction of sp³-hybridized carbons (Fsp3) is 0.560. The predicted octanol–water partition coefficient (Wildman–Crippen LogP) is 5.14. The molecule has 156 valence electrons. The lowest BCUT2D eigenvalue weighted by Gasteiger charge is -2.43. The Morgan fingerprint density at radius 1 is 1.00 bits per heavy atom. The third kappa shape index (κ3) is 4.19. The molecule has 1 aliphatic heterocycles. The molecule has 2 aliphatic rings. The minimum Gasteiger partial charge on any atom is -0.481 e. The summed E-state index contributed by atoms with van der Waals surface area (Å²) in [6.07, 6.45) is 2.53. The zero-order valence-electron chi connectivity index (χ0n) is 18.6. The highest BCUT2D eigenvalue weighted by Gasteiger charge is 2.32. The second kappa shape index (κ2) is 8.45. The Morgan fingerprint density at radius 3 is 2.45 bits per heavy atom. The maximum atomic E-state index is 5.64. The van der Waals surface area contributed by atoms with Crippen molar-refractivity contribution in [1.82, 2.24) is 14.8 Å².